The number of anilines is 2. The number of benzene rings is 1. The molecule has 1 aromatic heterocycles. The smallest absolute Gasteiger partial charge is 0.242 e. The van der Waals surface area contributed by atoms with Crippen molar-refractivity contribution < 1.29 is 12.8 Å². The number of nitrogens with two attached hydrogens (primary N) is 1. The van der Waals surface area contributed by atoms with E-state index in [9.17, 15) is 8.42 Å². The summed E-state index contributed by atoms with van der Waals surface area (Å²) in [6.07, 6.45) is 1.60. The third-order valence-electron chi connectivity index (χ3n) is 3.14. The fourth-order valence-electron chi connectivity index (χ4n) is 1.89. The van der Waals surface area contributed by atoms with Crippen LogP contribution in [0, 0.1) is 0 Å². The van der Waals surface area contributed by atoms with E-state index in [-0.39, 0.29) is 10.9 Å². The molecule has 1 atom stereocenters. The molecule has 114 valence electrons. The predicted molar refractivity (Wildman–Crippen MR) is 82.5 cm³/mol. The molecule has 0 aliphatic rings. The molecule has 0 aliphatic heterocycles. The Morgan fingerprint density at radius 1 is 1.29 bits per heavy atom. The summed E-state index contributed by atoms with van der Waals surface area (Å²) in [6.45, 7) is 1.93. The molecule has 1 unspecified atom stereocenters. The Bertz CT molecular complexity index is 709. The molecule has 21 heavy (non-hydrogen) atoms. The molecule has 0 saturated heterocycles. The highest BCUT2D eigenvalue weighted by molar-refractivity contribution is 7.89. The molecule has 0 amide bonds. The number of sulfonamides is 1. The summed E-state index contributed by atoms with van der Waals surface area (Å²) in [5.41, 5.74) is 6.98. The zero-order chi connectivity index (χ0) is 15.6. The minimum Gasteiger partial charge on any atom is -0.467 e. The lowest BCUT2D eigenvalue weighted by Crippen LogP contribution is -2.22. The van der Waals surface area contributed by atoms with Crippen LogP contribution in [0.15, 0.2) is 45.9 Å². The first-order valence-corrected chi connectivity index (χ1v) is 7.88. The summed E-state index contributed by atoms with van der Waals surface area (Å²) >= 11 is 0. The Morgan fingerprint density at radius 2 is 2.00 bits per heavy atom. The maximum absolute atomic E-state index is 12.0. The molecule has 6 nitrogen and oxygen atoms in total. The first kappa shape index (κ1) is 15.4. The summed E-state index contributed by atoms with van der Waals surface area (Å²) in [7, 11) is -0.515. The number of furan rings is 1. The number of nitrogens with zero attached hydrogens (tertiary/aromatic N) is 1. The molecule has 0 saturated carbocycles. The molecule has 1 heterocycles. The molecule has 0 spiro atoms. The van der Waals surface area contributed by atoms with Crippen molar-refractivity contribution in [1.82, 2.24) is 4.31 Å². The van der Waals surface area contributed by atoms with Gasteiger partial charge in [-0.05, 0) is 37.3 Å². The Hall–Kier alpha value is -1.99. The molecular weight excluding hydrogens is 290 g/mol. The average molecular weight is 309 g/mol. The fraction of sp³-hybridized carbons (Fsp3) is 0.286. The summed E-state index contributed by atoms with van der Waals surface area (Å²) in [4.78, 5) is 0.168. The SMILES string of the molecule is CC(Nc1ccc(S(=O)(=O)N(C)C)cc1N)c1ccco1. The van der Waals surface area contributed by atoms with E-state index >= 15 is 0 Å². The summed E-state index contributed by atoms with van der Waals surface area (Å²) in [5.74, 6) is 0.777. The van der Waals surface area contributed by atoms with E-state index < -0.39 is 10.0 Å². The Labute approximate surface area is 124 Å². The van der Waals surface area contributed by atoms with Crippen LogP contribution in [-0.2, 0) is 10.0 Å². The van der Waals surface area contributed by atoms with Gasteiger partial charge in [0.2, 0.25) is 10.0 Å². The van der Waals surface area contributed by atoms with Crippen LogP contribution >= 0.6 is 0 Å². The molecule has 2 rings (SSSR count). The quantitative estimate of drug-likeness (QED) is 0.827. The first-order valence-electron chi connectivity index (χ1n) is 6.44. The van der Waals surface area contributed by atoms with Crippen molar-refractivity contribution in [3.05, 3.63) is 42.4 Å². The van der Waals surface area contributed by atoms with E-state index in [1.54, 1.807) is 12.3 Å². The summed E-state index contributed by atoms with van der Waals surface area (Å²) in [6, 6.07) is 8.24. The van der Waals surface area contributed by atoms with E-state index in [0.717, 1.165) is 10.1 Å². The number of nitrogen functional groups attached to an aromatic ring is 1. The third kappa shape index (κ3) is 3.20. The highest BCUT2D eigenvalue weighted by atomic mass is 32.2. The molecule has 1 aromatic carbocycles. The van der Waals surface area contributed by atoms with Crippen molar-refractivity contribution in [2.75, 3.05) is 25.1 Å². The molecular formula is C14H19N3O3S. The van der Waals surface area contributed by atoms with Crippen LogP contribution in [0.25, 0.3) is 0 Å². The van der Waals surface area contributed by atoms with Gasteiger partial charge in [-0.1, -0.05) is 0 Å². The Balaban J connectivity index is 2.24. The van der Waals surface area contributed by atoms with Gasteiger partial charge in [-0.2, -0.15) is 0 Å². The lowest BCUT2D eigenvalue weighted by molar-refractivity contribution is 0.490. The second-order valence-electron chi connectivity index (χ2n) is 4.92. The van der Waals surface area contributed by atoms with E-state index in [0.29, 0.717) is 11.4 Å². The molecule has 0 fully saturated rings. The molecule has 3 N–H and O–H groups in total. The Morgan fingerprint density at radius 3 is 2.52 bits per heavy atom. The van der Waals surface area contributed by atoms with Crippen molar-refractivity contribution in [2.45, 2.75) is 17.9 Å². The van der Waals surface area contributed by atoms with Gasteiger partial charge in [0, 0.05) is 14.1 Å². The van der Waals surface area contributed by atoms with Crippen LogP contribution in [0.2, 0.25) is 0 Å². The molecule has 7 heteroatoms. The number of nitrogens with one attached hydrogen (secondary N) is 1. The van der Waals surface area contributed by atoms with Crippen LogP contribution in [0.1, 0.15) is 18.7 Å². The lowest BCUT2D eigenvalue weighted by atomic mass is 10.2. The van der Waals surface area contributed by atoms with Gasteiger partial charge in [0.05, 0.1) is 28.6 Å². The van der Waals surface area contributed by atoms with Gasteiger partial charge in [0.25, 0.3) is 0 Å². The van der Waals surface area contributed by atoms with Gasteiger partial charge in [0.15, 0.2) is 0 Å². The number of hydrogen-bond donors (Lipinski definition) is 2. The predicted octanol–water partition coefficient (Wildman–Crippen LogP) is 2.29. The number of rotatable bonds is 5. The fourth-order valence-corrected chi connectivity index (χ4v) is 2.82. The van der Waals surface area contributed by atoms with Crippen LogP contribution < -0.4 is 11.1 Å². The van der Waals surface area contributed by atoms with Gasteiger partial charge in [-0.15, -0.1) is 0 Å². The standard InChI is InChI=1S/C14H19N3O3S/c1-10(14-5-4-8-20-14)16-13-7-6-11(9-12(13)15)21(18,19)17(2)3/h4-10,16H,15H2,1-3H3. The second kappa shape index (κ2) is 5.79. The number of hydrogen-bond acceptors (Lipinski definition) is 5. The zero-order valence-corrected chi connectivity index (χ0v) is 13.0. The van der Waals surface area contributed by atoms with Crippen LogP contribution in [0.4, 0.5) is 11.4 Å². The molecule has 0 radical (unpaired) electrons. The highest BCUT2D eigenvalue weighted by Gasteiger charge is 2.18. The average Bonchev–Trinajstić information content (AvgIpc) is 2.94. The van der Waals surface area contributed by atoms with Gasteiger partial charge < -0.3 is 15.5 Å². The largest absolute Gasteiger partial charge is 0.467 e. The van der Waals surface area contributed by atoms with Crippen molar-refractivity contribution in [3.8, 4) is 0 Å². The van der Waals surface area contributed by atoms with Crippen molar-refractivity contribution in [3.63, 3.8) is 0 Å². The molecule has 0 aliphatic carbocycles. The van der Waals surface area contributed by atoms with Gasteiger partial charge >= 0.3 is 0 Å². The van der Waals surface area contributed by atoms with E-state index in [4.69, 9.17) is 10.2 Å². The van der Waals surface area contributed by atoms with E-state index in [2.05, 4.69) is 5.32 Å². The van der Waals surface area contributed by atoms with Gasteiger partial charge in [0.1, 0.15) is 5.76 Å². The van der Waals surface area contributed by atoms with Crippen molar-refractivity contribution in [1.29, 1.82) is 0 Å². The summed E-state index contributed by atoms with van der Waals surface area (Å²) in [5, 5.41) is 3.19. The Kier molecular flexibility index (Phi) is 4.24. The summed E-state index contributed by atoms with van der Waals surface area (Å²) < 4.78 is 30.5. The first-order chi connectivity index (χ1) is 9.82. The topological polar surface area (TPSA) is 88.6 Å². The third-order valence-corrected chi connectivity index (χ3v) is 4.95. The minimum atomic E-state index is -3.48. The monoisotopic (exact) mass is 309 g/mol. The van der Waals surface area contributed by atoms with Crippen LogP contribution in [-0.4, -0.2) is 26.8 Å². The molecule has 0 bridgehead atoms. The maximum Gasteiger partial charge on any atom is 0.242 e. The minimum absolute atomic E-state index is 0.0707. The van der Waals surface area contributed by atoms with Gasteiger partial charge in [-0.3, -0.25) is 0 Å². The highest BCUT2D eigenvalue weighted by Crippen LogP contribution is 2.27. The van der Waals surface area contributed by atoms with Crippen LogP contribution in [0.5, 0.6) is 0 Å². The van der Waals surface area contributed by atoms with Crippen molar-refractivity contribution >= 4 is 21.4 Å². The van der Waals surface area contributed by atoms with Gasteiger partial charge in [-0.25, -0.2) is 12.7 Å². The van der Waals surface area contributed by atoms with E-state index in [1.165, 1.54) is 26.2 Å². The second-order valence-corrected chi connectivity index (χ2v) is 7.07. The van der Waals surface area contributed by atoms with Crippen LogP contribution in [0.3, 0.4) is 0 Å². The lowest BCUT2D eigenvalue weighted by Gasteiger charge is -2.17. The zero-order valence-electron chi connectivity index (χ0n) is 12.2. The van der Waals surface area contributed by atoms with Crippen molar-refractivity contribution in [2.24, 2.45) is 0 Å². The van der Waals surface area contributed by atoms with E-state index in [1.807, 2.05) is 19.1 Å². The molecule has 2 aromatic rings. The normalized spacial score (nSPS) is 13.3. The maximum atomic E-state index is 12.0.